The van der Waals surface area contributed by atoms with Crippen molar-refractivity contribution >= 4 is 59.7 Å². The van der Waals surface area contributed by atoms with Gasteiger partial charge in [-0.3, -0.25) is 38.4 Å². The van der Waals surface area contributed by atoms with Gasteiger partial charge in [0, 0.05) is 25.0 Å². The number of hydrogen-bond donors (Lipinski definition) is 0. The topological polar surface area (TPSA) is 263 Å². The zero-order chi connectivity index (χ0) is 57.5. The van der Waals surface area contributed by atoms with Crippen molar-refractivity contribution in [2.24, 2.45) is 23.7 Å². The summed E-state index contributed by atoms with van der Waals surface area (Å²) in [5, 5.41) is 0. The Balaban J connectivity index is 0.884. The Bertz CT molecular complexity index is 2380. The Labute approximate surface area is 464 Å². The van der Waals surface area contributed by atoms with Crippen molar-refractivity contribution in [1.29, 1.82) is 0 Å². The molecule has 430 valence electrons. The van der Waals surface area contributed by atoms with Crippen molar-refractivity contribution in [3.05, 3.63) is 109 Å². The summed E-state index contributed by atoms with van der Waals surface area (Å²) in [6.45, 7) is 7.50. The van der Waals surface area contributed by atoms with Crippen LogP contribution in [0.3, 0.4) is 0 Å². The summed E-state index contributed by atoms with van der Waals surface area (Å²) >= 11 is 0. The van der Waals surface area contributed by atoms with E-state index in [9.17, 15) is 47.9 Å². The summed E-state index contributed by atoms with van der Waals surface area (Å²) in [7, 11) is 0. The average molecular weight is 1110 g/mol. The number of ether oxygens (including phenoxy) is 10. The second-order valence-corrected chi connectivity index (χ2v) is 19.1. The Morgan fingerprint density at radius 3 is 0.812 bits per heavy atom. The van der Waals surface area contributed by atoms with E-state index >= 15 is 0 Å². The molecule has 2 saturated carbocycles. The first-order valence-corrected chi connectivity index (χ1v) is 27.0. The van der Waals surface area contributed by atoms with Gasteiger partial charge in [-0.25, -0.2) is 9.59 Å². The fraction of sp³-hybridized carbons (Fsp3) is 0.467. The lowest BCUT2D eigenvalue weighted by Gasteiger charge is -2.26. The lowest BCUT2D eigenvalue weighted by molar-refractivity contribution is -0.150. The molecule has 2 aliphatic carbocycles. The molecular formula is C60H70O20. The minimum absolute atomic E-state index is 0.0976. The molecule has 5 rings (SSSR count). The molecule has 20 nitrogen and oxygen atoms in total. The maximum atomic E-state index is 13.1. The van der Waals surface area contributed by atoms with Crippen LogP contribution in [-0.4, -0.2) is 99.3 Å². The molecule has 0 aliphatic heterocycles. The molecule has 3 aromatic carbocycles. The van der Waals surface area contributed by atoms with Gasteiger partial charge < -0.3 is 47.4 Å². The van der Waals surface area contributed by atoms with Gasteiger partial charge in [-0.2, -0.15) is 0 Å². The molecule has 0 atom stereocenters. The molecule has 0 saturated heterocycles. The molecule has 0 amide bonds. The van der Waals surface area contributed by atoms with Crippen molar-refractivity contribution < 1.29 is 95.3 Å². The van der Waals surface area contributed by atoms with Gasteiger partial charge in [-0.1, -0.05) is 37.4 Å². The van der Waals surface area contributed by atoms with Crippen LogP contribution in [0.2, 0.25) is 0 Å². The molecule has 0 N–H and O–H groups in total. The minimum Gasteiger partial charge on any atom is -0.466 e. The SMILES string of the molecule is C=CC(=O)OCCCCOC(=O)CCC(=O)OCCc1ccc(OC(=O)C2CCC(C(=O)Oc3ccc(OC(=O)C4CCC(C(=O)Oc5ccc(CCOC(=O)CCC(=O)OCCCCOC(=O)C=C)cc5)CC4)cc3)CC2)cc1. The fourth-order valence-corrected chi connectivity index (χ4v) is 8.46. The molecule has 0 spiro atoms. The summed E-state index contributed by atoms with van der Waals surface area (Å²) in [6, 6.07) is 19.9. The summed E-state index contributed by atoms with van der Waals surface area (Å²) < 4.78 is 52.8. The predicted molar refractivity (Wildman–Crippen MR) is 283 cm³/mol. The van der Waals surface area contributed by atoms with Crippen LogP contribution in [0, 0.1) is 23.7 Å². The molecule has 2 fully saturated rings. The monoisotopic (exact) mass is 1110 g/mol. The highest BCUT2D eigenvalue weighted by Crippen LogP contribution is 2.34. The maximum absolute atomic E-state index is 13.1. The smallest absolute Gasteiger partial charge is 0.330 e. The number of rotatable bonds is 32. The Kier molecular flexibility index (Phi) is 27.2. The maximum Gasteiger partial charge on any atom is 0.330 e. The standard InChI is InChI=1S/C60H70O20/c1-3-51(61)71-35-5-7-37-73-53(63)29-31-55(65)75-39-33-41-9-21-47(22-10-41)77-57(67)43-13-17-45(18-14-43)59(69)79-49-25-27-50(28-26-49)80-60(70)46-19-15-44(16-20-46)58(68)78-48-23-11-42(12-24-48)34-40-76-56(66)32-30-54(64)74-38-8-6-36-72-52(62)4-2/h3-4,9-12,21-28,43-46H,1-2,5-8,13-20,29-40H2. The van der Waals surface area contributed by atoms with Gasteiger partial charge >= 0.3 is 59.7 Å². The van der Waals surface area contributed by atoms with Gasteiger partial charge in [0.15, 0.2) is 0 Å². The first kappa shape index (κ1) is 62.7. The number of carbonyl (C=O) groups excluding carboxylic acids is 10. The van der Waals surface area contributed by atoms with E-state index in [1.807, 2.05) is 0 Å². The molecular weight excluding hydrogens is 1040 g/mol. The van der Waals surface area contributed by atoms with Crippen molar-refractivity contribution in [3.63, 3.8) is 0 Å². The highest BCUT2D eigenvalue weighted by atomic mass is 16.6. The number of hydrogen-bond acceptors (Lipinski definition) is 20. The van der Waals surface area contributed by atoms with E-state index in [0.29, 0.717) is 101 Å². The third kappa shape index (κ3) is 23.8. The van der Waals surface area contributed by atoms with Crippen LogP contribution in [0.25, 0.3) is 0 Å². The van der Waals surface area contributed by atoms with Gasteiger partial charge in [0.05, 0.1) is 89.0 Å². The van der Waals surface area contributed by atoms with E-state index in [1.165, 1.54) is 0 Å². The lowest BCUT2D eigenvalue weighted by Crippen LogP contribution is -2.30. The van der Waals surface area contributed by atoms with E-state index < -0.39 is 71.5 Å². The summed E-state index contributed by atoms with van der Waals surface area (Å²) in [5.41, 5.74) is 1.69. The highest BCUT2D eigenvalue weighted by molar-refractivity contribution is 5.82. The quantitative estimate of drug-likeness (QED) is 0.0188. The molecule has 0 bridgehead atoms. The zero-order valence-corrected chi connectivity index (χ0v) is 44.9. The predicted octanol–water partition coefficient (Wildman–Crippen LogP) is 8.16. The molecule has 20 heteroatoms. The zero-order valence-electron chi connectivity index (χ0n) is 44.9. The van der Waals surface area contributed by atoms with Gasteiger partial charge in [0.1, 0.15) is 23.0 Å². The van der Waals surface area contributed by atoms with Crippen LogP contribution in [0.4, 0.5) is 0 Å². The van der Waals surface area contributed by atoms with Crippen LogP contribution in [0.15, 0.2) is 98.1 Å². The minimum atomic E-state index is -0.533. The molecule has 80 heavy (non-hydrogen) atoms. The molecule has 2 aliphatic rings. The normalized spacial score (nSPS) is 16.5. The lowest BCUT2D eigenvalue weighted by atomic mass is 9.82. The van der Waals surface area contributed by atoms with Crippen molar-refractivity contribution in [1.82, 2.24) is 0 Å². The van der Waals surface area contributed by atoms with Crippen molar-refractivity contribution in [2.75, 3.05) is 39.6 Å². The molecule has 0 heterocycles. The van der Waals surface area contributed by atoms with E-state index in [0.717, 1.165) is 23.3 Å². The van der Waals surface area contributed by atoms with E-state index in [4.69, 9.17) is 47.4 Å². The van der Waals surface area contributed by atoms with E-state index in [1.54, 1.807) is 72.8 Å². The Hall–Kier alpha value is -8.16. The van der Waals surface area contributed by atoms with Crippen LogP contribution in [0.1, 0.15) is 114 Å². The first-order chi connectivity index (χ1) is 38.7. The fourth-order valence-electron chi connectivity index (χ4n) is 8.46. The second-order valence-electron chi connectivity index (χ2n) is 19.1. The van der Waals surface area contributed by atoms with Crippen LogP contribution >= 0.6 is 0 Å². The van der Waals surface area contributed by atoms with E-state index in [2.05, 4.69) is 13.2 Å². The number of unbranched alkanes of at least 4 members (excludes halogenated alkanes) is 2. The Morgan fingerprint density at radius 2 is 0.562 bits per heavy atom. The van der Waals surface area contributed by atoms with Crippen LogP contribution in [0.5, 0.6) is 23.0 Å². The van der Waals surface area contributed by atoms with Gasteiger partial charge in [-0.15, -0.1) is 0 Å². The average Bonchev–Trinajstić information content (AvgIpc) is 3.47. The number of benzene rings is 3. The van der Waals surface area contributed by atoms with Crippen molar-refractivity contribution in [3.8, 4) is 23.0 Å². The summed E-state index contributed by atoms with van der Waals surface area (Å²) in [4.78, 5) is 122. The van der Waals surface area contributed by atoms with Gasteiger partial charge in [0.25, 0.3) is 0 Å². The molecule has 0 radical (unpaired) electrons. The molecule has 3 aromatic rings. The largest absolute Gasteiger partial charge is 0.466 e. The molecule has 0 aromatic heterocycles. The summed E-state index contributed by atoms with van der Waals surface area (Å²) in [5.74, 6) is -5.08. The summed E-state index contributed by atoms with van der Waals surface area (Å²) in [6.07, 6.45) is 8.08. The number of esters is 10. The van der Waals surface area contributed by atoms with E-state index in [-0.39, 0.29) is 88.7 Å². The first-order valence-electron chi connectivity index (χ1n) is 27.0. The third-order valence-electron chi connectivity index (χ3n) is 13.1. The van der Waals surface area contributed by atoms with Crippen molar-refractivity contribution in [2.45, 2.75) is 116 Å². The van der Waals surface area contributed by atoms with Crippen LogP contribution < -0.4 is 18.9 Å². The van der Waals surface area contributed by atoms with Gasteiger partial charge in [-0.05, 0) is 137 Å². The second kappa shape index (κ2) is 34.7. The van der Waals surface area contributed by atoms with Crippen LogP contribution in [-0.2, 0) is 89.2 Å². The highest BCUT2D eigenvalue weighted by Gasteiger charge is 2.34. The molecule has 0 unspecified atom stereocenters. The Morgan fingerprint density at radius 1 is 0.338 bits per heavy atom. The van der Waals surface area contributed by atoms with Gasteiger partial charge in [0.2, 0.25) is 0 Å². The third-order valence-corrected chi connectivity index (χ3v) is 13.1. The number of carbonyl (C=O) groups is 10.